The summed E-state index contributed by atoms with van der Waals surface area (Å²) >= 11 is 0. The van der Waals surface area contributed by atoms with Crippen molar-refractivity contribution in [3.05, 3.63) is 0 Å². The molecule has 4 heteroatoms. The molecule has 0 saturated carbocycles. The van der Waals surface area contributed by atoms with Crippen molar-refractivity contribution in [2.24, 2.45) is 5.92 Å². The molecule has 1 rings (SSSR count). The lowest BCUT2D eigenvalue weighted by Gasteiger charge is -2.33. The molecular weight excluding hydrogens is 170 g/mol. The molecular formula is C9H17NO3. The molecule has 0 spiro atoms. The van der Waals surface area contributed by atoms with Crippen LogP contribution in [0.15, 0.2) is 0 Å². The first-order valence-corrected chi connectivity index (χ1v) is 4.72. The van der Waals surface area contributed by atoms with E-state index in [-0.39, 0.29) is 18.4 Å². The minimum Gasteiger partial charge on any atom is -0.481 e. The lowest BCUT2D eigenvalue weighted by Crippen LogP contribution is -2.42. The minimum absolute atomic E-state index is 0.197. The number of carboxylic acid groups (broad SMARTS) is 1. The second-order valence-electron chi connectivity index (χ2n) is 3.78. The van der Waals surface area contributed by atoms with E-state index in [2.05, 4.69) is 4.90 Å². The van der Waals surface area contributed by atoms with Gasteiger partial charge in [0.15, 0.2) is 0 Å². The van der Waals surface area contributed by atoms with Crippen molar-refractivity contribution in [3.63, 3.8) is 0 Å². The molecule has 13 heavy (non-hydrogen) atoms. The second kappa shape index (κ2) is 4.58. The number of nitrogens with zero attached hydrogens (tertiary/aromatic N) is 1. The summed E-state index contributed by atoms with van der Waals surface area (Å²) < 4.78 is 0. The van der Waals surface area contributed by atoms with Crippen LogP contribution in [-0.4, -0.2) is 46.8 Å². The third-order valence-electron chi connectivity index (χ3n) is 2.59. The van der Waals surface area contributed by atoms with Crippen molar-refractivity contribution in [2.75, 3.05) is 19.6 Å². The summed E-state index contributed by atoms with van der Waals surface area (Å²) in [4.78, 5) is 12.4. The van der Waals surface area contributed by atoms with Crippen LogP contribution >= 0.6 is 0 Å². The van der Waals surface area contributed by atoms with Crippen LogP contribution in [0.2, 0.25) is 0 Å². The van der Waals surface area contributed by atoms with Gasteiger partial charge in [-0.1, -0.05) is 6.92 Å². The molecule has 1 aliphatic heterocycles. The highest BCUT2D eigenvalue weighted by molar-refractivity contribution is 5.66. The second-order valence-corrected chi connectivity index (χ2v) is 3.78. The summed E-state index contributed by atoms with van der Waals surface area (Å²) in [6.07, 6.45) is 0.755. The molecule has 0 aromatic carbocycles. The Bertz CT molecular complexity index is 184. The molecule has 1 heterocycles. The molecule has 4 nitrogen and oxygen atoms in total. The SMILES string of the molecule is CC1CN(CCC(=O)O)CCC1O. The number of aliphatic hydroxyl groups excluding tert-OH is 1. The molecule has 0 radical (unpaired) electrons. The largest absolute Gasteiger partial charge is 0.481 e. The Kier molecular flexibility index (Phi) is 3.69. The number of carboxylic acids is 1. The summed E-state index contributed by atoms with van der Waals surface area (Å²) in [6, 6.07) is 0. The highest BCUT2D eigenvalue weighted by atomic mass is 16.4. The van der Waals surface area contributed by atoms with Gasteiger partial charge in [0, 0.05) is 19.6 Å². The third-order valence-corrected chi connectivity index (χ3v) is 2.59. The van der Waals surface area contributed by atoms with Crippen molar-refractivity contribution in [2.45, 2.75) is 25.9 Å². The minimum atomic E-state index is -0.751. The Morgan fingerprint density at radius 3 is 2.85 bits per heavy atom. The van der Waals surface area contributed by atoms with Crippen molar-refractivity contribution >= 4 is 5.97 Å². The van der Waals surface area contributed by atoms with Crippen molar-refractivity contribution in [1.82, 2.24) is 4.90 Å². The van der Waals surface area contributed by atoms with Gasteiger partial charge in [-0.2, -0.15) is 0 Å². The molecule has 0 aromatic heterocycles. The maximum absolute atomic E-state index is 10.3. The van der Waals surface area contributed by atoms with Crippen LogP contribution in [0.1, 0.15) is 19.8 Å². The lowest BCUT2D eigenvalue weighted by atomic mass is 9.97. The highest BCUT2D eigenvalue weighted by Gasteiger charge is 2.23. The zero-order valence-electron chi connectivity index (χ0n) is 7.94. The third kappa shape index (κ3) is 3.32. The van der Waals surface area contributed by atoms with Gasteiger partial charge in [-0.3, -0.25) is 4.79 Å². The number of carbonyl (C=O) groups is 1. The van der Waals surface area contributed by atoms with Crippen LogP contribution in [0, 0.1) is 5.92 Å². The standard InChI is InChI=1S/C9H17NO3/c1-7-6-10(4-2-8(7)11)5-3-9(12)13/h7-8,11H,2-6H2,1H3,(H,12,13). The molecule has 2 unspecified atom stereocenters. The van der Waals surface area contributed by atoms with Gasteiger partial charge in [0.05, 0.1) is 12.5 Å². The van der Waals surface area contributed by atoms with Gasteiger partial charge in [0.25, 0.3) is 0 Å². The Labute approximate surface area is 78.2 Å². The first kappa shape index (κ1) is 10.5. The number of hydrogen-bond acceptors (Lipinski definition) is 3. The van der Waals surface area contributed by atoms with Crippen molar-refractivity contribution in [3.8, 4) is 0 Å². The number of piperidine rings is 1. The number of aliphatic carboxylic acids is 1. The predicted molar refractivity (Wildman–Crippen MR) is 48.5 cm³/mol. The molecule has 2 N–H and O–H groups in total. The van der Waals surface area contributed by atoms with E-state index in [4.69, 9.17) is 5.11 Å². The molecule has 0 bridgehead atoms. The molecule has 2 atom stereocenters. The molecule has 1 aliphatic rings. The molecule has 0 aromatic rings. The van der Waals surface area contributed by atoms with Crippen LogP contribution in [0.25, 0.3) is 0 Å². The van der Waals surface area contributed by atoms with E-state index in [9.17, 15) is 9.90 Å². The van der Waals surface area contributed by atoms with Gasteiger partial charge >= 0.3 is 5.97 Å². The summed E-state index contributed by atoms with van der Waals surface area (Å²) in [6.45, 7) is 4.23. The van der Waals surface area contributed by atoms with E-state index in [1.54, 1.807) is 0 Å². The summed E-state index contributed by atoms with van der Waals surface area (Å²) in [5.41, 5.74) is 0. The van der Waals surface area contributed by atoms with E-state index in [0.717, 1.165) is 19.5 Å². The normalized spacial score (nSPS) is 30.3. The molecule has 76 valence electrons. The summed E-state index contributed by atoms with van der Waals surface area (Å²) in [5, 5.41) is 17.9. The quantitative estimate of drug-likeness (QED) is 0.661. The van der Waals surface area contributed by atoms with Gasteiger partial charge < -0.3 is 15.1 Å². The van der Waals surface area contributed by atoms with Crippen LogP contribution < -0.4 is 0 Å². The number of rotatable bonds is 3. The number of aliphatic hydroxyl groups is 1. The Morgan fingerprint density at radius 1 is 1.62 bits per heavy atom. The van der Waals surface area contributed by atoms with E-state index in [1.165, 1.54) is 0 Å². The molecule has 0 aliphatic carbocycles. The first-order valence-electron chi connectivity index (χ1n) is 4.72. The zero-order valence-corrected chi connectivity index (χ0v) is 7.94. The van der Waals surface area contributed by atoms with Crippen LogP contribution in [-0.2, 0) is 4.79 Å². The maximum atomic E-state index is 10.3. The summed E-state index contributed by atoms with van der Waals surface area (Å²) in [5.74, 6) is -0.485. The van der Waals surface area contributed by atoms with Gasteiger partial charge in [-0.05, 0) is 12.3 Å². The van der Waals surface area contributed by atoms with Crippen LogP contribution in [0.4, 0.5) is 0 Å². The lowest BCUT2D eigenvalue weighted by molar-refractivity contribution is -0.137. The smallest absolute Gasteiger partial charge is 0.304 e. The Hall–Kier alpha value is -0.610. The summed E-state index contributed by atoms with van der Waals surface area (Å²) in [7, 11) is 0. The van der Waals surface area contributed by atoms with E-state index in [0.29, 0.717) is 6.54 Å². The average Bonchev–Trinajstić information content (AvgIpc) is 2.07. The fourth-order valence-corrected chi connectivity index (χ4v) is 1.68. The molecule has 1 fully saturated rings. The number of hydrogen-bond donors (Lipinski definition) is 2. The number of likely N-dealkylation sites (tertiary alicyclic amines) is 1. The fourth-order valence-electron chi connectivity index (χ4n) is 1.68. The average molecular weight is 187 g/mol. The van der Waals surface area contributed by atoms with Crippen molar-refractivity contribution < 1.29 is 15.0 Å². The Morgan fingerprint density at radius 2 is 2.31 bits per heavy atom. The van der Waals surface area contributed by atoms with Crippen LogP contribution in [0.5, 0.6) is 0 Å². The monoisotopic (exact) mass is 187 g/mol. The maximum Gasteiger partial charge on any atom is 0.304 e. The first-order chi connectivity index (χ1) is 6.09. The van der Waals surface area contributed by atoms with Gasteiger partial charge in [0.1, 0.15) is 0 Å². The zero-order chi connectivity index (χ0) is 9.84. The topological polar surface area (TPSA) is 60.8 Å². The van der Waals surface area contributed by atoms with Crippen molar-refractivity contribution in [1.29, 1.82) is 0 Å². The van der Waals surface area contributed by atoms with Gasteiger partial charge in [-0.25, -0.2) is 0 Å². The van der Waals surface area contributed by atoms with Gasteiger partial charge in [-0.15, -0.1) is 0 Å². The van der Waals surface area contributed by atoms with Crippen LogP contribution in [0.3, 0.4) is 0 Å². The predicted octanol–water partition coefficient (Wildman–Crippen LogP) is 0.164. The van der Waals surface area contributed by atoms with E-state index >= 15 is 0 Å². The van der Waals surface area contributed by atoms with E-state index in [1.807, 2.05) is 6.92 Å². The highest BCUT2D eigenvalue weighted by Crippen LogP contribution is 2.16. The molecule has 0 amide bonds. The van der Waals surface area contributed by atoms with Gasteiger partial charge in [0.2, 0.25) is 0 Å². The Balaban J connectivity index is 2.25. The fraction of sp³-hybridized carbons (Fsp3) is 0.889. The van der Waals surface area contributed by atoms with E-state index < -0.39 is 5.97 Å². The molecule has 1 saturated heterocycles.